The van der Waals surface area contributed by atoms with Crippen LogP contribution < -0.4 is 42.6 Å². The van der Waals surface area contributed by atoms with Gasteiger partial charge in [0.15, 0.2) is 0 Å². The molecule has 0 bridgehead atoms. The van der Waals surface area contributed by atoms with E-state index in [9.17, 15) is 0 Å². The summed E-state index contributed by atoms with van der Waals surface area (Å²) in [7, 11) is 0. The van der Waals surface area contributed by atoms with E-state index in [0.717, 1.165) is 45.2 Å². The van der Waals surface area contributed by atoms with Crippen molar-refractivity contribution in [3.05, 3.63) is 466 Å². The summed E-state index contributed by atoms with van der Waals surface area (Å²) in [4.78, 5) is 4.85. The lowest BCUT2D eigenvalue weighted by Gasteiger charge is -2.31. The van der Waals surface area contributed by atoms with Gasteiger partial charge in [-0.15, -0.1) is 0 Å². The number of aryl methyl sites for hydroxylation is 3. The molecular formula is C129H83B3N8. The molecule has 0 spiro atoms. The maximum absolute atomic E-state index is 2.73. The smallest absolute Gasteiger partial charge is 0.332 e. The Morgan fingerprint density at radius 1 is 0.179 bits per heavy atom. The molecule has 0 saturated carbocycles. The van der Waals surface area contributed by atoms with Crippen molar-refractivity contribution in [2.75, 3.05) is 9.80 Å². The van der Waals surface area contributed by atoms with Crippen LogP contribution in [0, 0.1) is 20.8 Å². The van der Waals surface area contributed by atoms with Gasteiger partial charge in [-0.3, -0.25) is 0 Å². The van der Waals surface area contributed by atoms with Crippen LogP contribution in [-0.4, -0.2) is 47.7 Å². The Morgan fingerprint density at radius 3 is 1.24 bits per heavy atom. The number of hydrogen-bond acceptors (Lipinski definition) is 2. The van der Waals surface area contributed by atoms with Crippen LogP contribution in [0.15, 0.2) is 449 Å². The second kappa shape index (κ2) is 29.1. The minimum atomic E-state index is -0.288. The third-order valence-corrected chi connectivity index (χ3v) is 31.7. The van der Waals surface area contributed by atoms with Crippen LogP contribution in [-0.2, 0) is 0 Å². The zero-order valence-corrected chi connectivity index (χ0v) is 77.0. The lowest BCUT2D eigenvalue weighted by molar-refractivity contribution is 1.17. The second-order valence-corrected chi connectivity index (χ2v) is 39.0. The Morgan fingerprint density at radius 2 is 0.593 bits per heavy atom. The fourth-order valence-electron chi connectivity index (χ4n) is 26.2. The van der Waals surface area contributed by atoms with Gasteiger partial charge in [0.25, 0.3) is 0 Å². The van der Waals surface area contributed by atoms with Gasteiger partial charge in [0.2, 0.25) is 0 Å². The van der Waals surface area contributed by atoms with E-state index in [4.69, 9.17) is 0 Å². The van der Waals surface area contributed by atoms with Crippen molar-refractivity contribution in [1.29, 1.82) is 0 Å². The summed E-state index contributed by atoms with van der Waals surface area (Å²) in [6.45, 7) is 6.25. The largest absolute Gasteiger partial charge is 0.376 e. The molecule has 11 heteroatoms. The summed E-state index contributed by atoms with van der Waals surface area (Å²) >= 11 is 0. The predicted octanol–water partition coefficient (Wildman–Crippen LogP) is 28.9. The summed E-state index contributed by atoms with van der Waals surface area (Å²) in [5.41, 5.74) is 40.7. The van der Waals surface area contributed by atoms with Crippen LogP contribution in [0.5, 0.6) is 0 Å². The van der Waals surface area contributed by atoms with E-state index in [1.54, 1.807) is 0 Å². The average molecular weight is 1780 g/mol. The van der Waals surface area contributed by atoms with Crippen LogP contribution in [0.25, 0.3) is 202 Å². The Bertz CT molecular complexity index is 10200. The van der Waals surface area contributed by atoms with Gasteiger partial charge in [0.05, 0.1) is 33.1 Å². The fraction of sp³-hybridized carbons (Fsp3) is 0.0233. The highest BCUT2D eigenvalue weighted by atomic mass is 15.2. The molecule has 3 aliphatic heterocycles. The highest BCUT2D eigenvalue weighted by Crippen LogP contribution is 2.51. The van der Waals surface area contributed by atoms with E-state index in [2.05, 4.69) is 507 Å². The maximum Gasteiger partial charge on any atom is 0.332 e. The third kappa shape index (κ3) is 10.6. The summed E-state index contributed by atoms with van der Waals surface area (Å²) in [6.07, 6.45) is 0. The monoisotopic (exact) mass is 1780 g/mol. The molecule has 0 amide bonds. The van der Waals surface area contributed by atoms with E-state index in [-0.39, 0.29) is 20.5 Å². The first-order valence-electron chi connectivity index (χ1n) is 49.0. The van der Waals surface area contributed by atoms with Gasteiger partial charge in [-0.1, -0.05) is 309 Å². The van der Waals surface area contributed by atoms with Crippen LogP contribution >= 0.6 is 0 Å². The molecule has 8 nitrogen and oxygen atoms in total. The average Bonchev–Trinajstić information content (AvgIpc) is 1.51. The summed E-state index contributed by atoms with van der Waals surface area (Å²) in [5.74, 6) is 0. The molecule has 9 heterocycles. The molecule has 28 aromatic rings. The molecule has 0 N–H and O–H groups in total. The molecule has 0 saturated heterocycles. The molecule has 31 rings (SSSR count). The molecular weight excluding hydrogens is 1690 g/mol. The van der Waals surface area contributed by atoms with Crippen LogP contribution in [0.1, 0.15) is 16.7 Å². The number of hydrogen-bond donors (Lipinski definition) is 0. The van der Waals surface area contributed by atoms with Crippen molar-refractivity contribution in [1.82, 2.24) is 27.1 Å². The number of benzene rings is 22. The van der Waals surface area contributed by atoms with E-state index in [1.807, 2.05) is 0 Å². The molecule has 0 unspecified atom stereocenters. The normalized spacial score (nSPS) is 12.8. The maximum atomic E-state index is 2.73. The Hall–Kier alpha value is -17.8. The molecule has 648 valence electrons. The van der Waals surface area contributed by atoms with E-state index in [1.165, 1.54) is 241 Å². The molecule has 3 aliphatic rings. The van der Waals surface area contributed by atoms with Crippen molar-refractivity contribution in [3.63, 3.8) is 0 Å². The van der Waals surface area contributed by atoms with Crippen LogP contribution in [0.2, 0.25) is 0 Å². The van der Waals surface area contributed by atoms with E-state index < -0.39 is 0 Å². The first kappa shape index (κ1) is 77.5. The van der Waals surface area contributed by atoms with Crippen molar-refractivity contribution in [2.45, 2.75) is 20.8 Å². The van der Waals surface area contributed by atoms with Gasteiger partial charge in [0.1, 0.15) is 0 Å². The van der Waals surface area contributed by atoms with E-state index >= 15 is 0 Å². The number of aromatic nitrogens is 6. The number of anilines is 6. The molecule has 0 aliphatic carbocycles. The van der Waals surface area contributed by atoms with Gasteiger partial charge in [-0.2, -0.15) is 0 Å². The molecule has 0 fully saturated rings. The predicted molar refractivity (Wildman–Crippen MR) is 596 cm³/mol. The molecule has 0 radical (unpaired) electrons. The van der Waals surface area contributed by atoms with Gasteiger partial charge >= 0.3 is 20.5 Å². The molecule has 22 aromatic carbocycles. The van der Waals surface area contributed by atoms with Crippen molar-refractivity contribution < 1.29 is 0 Å². The Kier molecular flexibility index (Phi) is 16.1. The number of fused-ring (bicyclic) bond motifs is 30. The van der Waals surface area contributed by atoms with Crippen LogP contribution in [0.3, 0.4) is 0 Å². The third-order valence-electron chi connectivity index (χ3n) is 31.7. The zero-order chi connectivity index (χ0) is 91.7. The molecule has 0 atom stereocenters. The minimum absolute atomic E-state index is 0.175. The van der Waals surface area contributed by atoms with Gasteiger partial charge in [-0.05, 0) is 264 Å². The summed E-state index contributed by atoms with van der Waals surface area (Å²) < 4.78 is 15.9. The highest BCUT2D eigenvalue weighted by molar-refractivity contribution is 6.90. The fourth-order valence-corrected chi connectivity index (χ4v) is 26.2. The number of para-hydroxylation sites is 12. The Balaban J connectivity index is 0.629. The van der Waals surface area contributed by atoms with E-state index in [0.29, 0.717) is 0 Å². The van der Waals surface area contributed by atoms with Crippen molar-refractivity contribution >= 4 is 251 Å². The summed E-state index contributed by atoms with van der Waals surface area (Å²) in [6, 6.07) is 171. The number of nitrogens with zero attached hydrogens (tertiary/aromatic N) is 8. The summed E-state index contributed by atoms with van der Waals surface area (Å²) in [5, 5.41) is 22.3. The van der Waals surface area contributed by atoms with Crippen LogP contribution in [0.4, 0.5) is 34.1 Å². The highest BCUT2D eigenvalue weighted by Gasteiger charge is 2.43. The molecule has 140 heavy (non-hydrogen) atoms. The Labute approximate surface area is 807 Å². The zero-order valence-electron chi connectivity index (χ0n) is 77.0. The van der Waals surface area contributed by atoms with Gasteiger partial charge in [-0.25, -0.2) is 0 Å². The first-order chi connectivity index (χ1) is 69.3. The lowest BCUT2D eigenvalue weighted by atomic mass is 9.48. The lowest BCUT2D eigenvalue weighted by Crippen LogP contribution is -2.53. The number of rotatable bonds is 11. The SMILES string of the molecule is Cc1cccc2c3ccccc3n(B3c4cc(-c5ccc6c(c5)cc5c7c6c6c8ccc(-c9cccc%10c9c9cccc(C)c9n%10B9c%10ccccc%10-n%10c%11ccc(N(c%12ccccc%12)c%12ccccc%12)cc%11c%11cc(N(c%12ccccc%12)c%12ccccc%12)cc9c%11%10)cc8ccc6n7-c6ccccc6B5n5c6ccccc6c6cccc(C)c65)ccc4-n4c5ccc6ccccc6c5c5cccc3c54)c12. The quantitative estimate of drug-likeness (QED) is 0.121. The minimum Gasteiger partial charge on any atom is -0.376 e. The van der Waals surface area contributed by atoms with Crippen molar-refractivity contribution in [2.24, 2.45) is 0 Å². The first-order valence-corrected chi connectivity index (χ1v) is 49.0. The topological polar surface area (TPSA) is 36.1 Å². The second-order valence-electron chi connectivity index (χ2n) is 39.0. The van der Waals surface area contributed by atoms with Gasteiger partial charge in [0, 0.05) is 149 Å². The van der Waals surface area contributed by atoms with Crippen molar-refractivity contribution in [3.8, 4) is 39.3 Å². The van der Waals surface area contributed by atoms with Gasteiger partial charge < -0.3 is 36.9 Å². The molecule has 6 aromatic heterocycles. The standard InChI is InChI=1S/C129H83B3N8/c1-78-31-26-47-99-97-44-18-22-54-112(97)138(124(78)99)130-106-52-21-25-57-115(106)137-118-69-63-85-72-84(60-66-95(85)122(118)123-96-65-59-82(71-86(96)74-109(130)129(123)137)83-62-67-116-108(73-83)132(139-113-55-23-19-45-98(113)100-48-27-32-79(2)125(100)139)107-53-29-50-102-120-93-43-17-16-34-81(93)61-68-117(120)136(116)127(102)107)94-46-30-58-119-121(94)101-49-28-33-80(3)126(101)140(119)131-105-51-20-24-56-114(105)135-111-70-64-91(133(87-35-8-4-9-36-87)88-37-10-5-11-38-88)75-103(111)104-76-92(77-110(131)128(104)135)134(89-39-12-6-13-40-89)90-41-14-7-15-42-90/h4-77H,1-3H3.